The number of alkyl halides is 3. The van der Waals surface area contributed by atoms with Gasteiger partial charge in [-0.15, -0.1) is 0 Å². The number of ketones is 1. The number of amides is 1. The molecule has 1 aliphatic carbocycles. The lowest BCUT2D eigenvalue weighted by Crippen LogP contribution is -2.30. The first-order valence-electron chi connectivity index (χ1n) is 7.47. The Morgan fingerprint density at radius 3 is 2.46 bits per heavy atom. The molecule has 1 fully saturated rings. The molecule has 1 aromatic rings. The van der Waals surface area contributed by atoms with E-state index in [9.17, 15) is 22.8 Å². The molecule has 3 rings (SSSR count). The fourth-order valence-electron chi connectivity index (χ4n) is 2.26. The number of rotatable bonds is 5. The van der Waals surface area contributed by atoms with E-state index in [2.05, 4.69) is 10.6 Å². The van der Waals surface area contributed by atoms with Gasteiger partial charge in [0.25, 0.3) is 5.91 Å². The molecule has 0 atom stereocenters. The van der Waals surface area contributed by atoms with Gasteiger partial charge in [-0.2, -0.15) is 13.2 Å². The molecule has 2 N–H and O–H groups in total. The predicted molar refractivity (Wildman–Crippen MR) is 85.3 cm³/mol. The van der Waals surface area contributed by atoms with Crippen LogP contribution in [0.1, 0.15) is 18.4 Å². The van der Waals surface area contributed by atoms with E-state index in [1.54, 1.807) is 0 Å². The van der Waals surface area contributed by atoms with Gasteiger partial charge in [0.15, 0.2) is 5.78 Å². The summed E-state index contributed by atoms with van der Waals surface area (Å²) in [5.74, 6) is -0.0612. The van der Waals surface area contributed by atoms with Crippen molar-refractivity contribution in [1.82, 2.24) is 5.32 Å². The van der Waals surface area contributed by atoms with Gasteiger partial charge in [0.2, 0.25) is 0 Å². The van der Waals surface area contributed by atoms with E-state index in [-0.39, 0.29) is 17.1 Å². The van der Waals surface area contributed by atoms with Gasteiger partial charge in [0, 0.05) is 12.2 Å². The second-order valence-electron chi connectivity index (χ2n) is 5.77. The molecule has 1 aliphatic heterocycles. The molecule has 0 bridgehead atoms. The van der Waals surface area contributed by atoms with Crippen LogP contribution in [0.4, 0.5) is 18.9 Å². The Hall–Kier alpha value is -1.96. The number of nitrogens with one attached hydrogen (secondary N) is 2. The van der Waals surface area contributed by atoms with Gasteiger partial charge in [-0.1, -0.05) is 11.8 Å². The molecule has 24 heavy (non-hydrogen) atoms. The summed E-state index contributed by atoms with van der Waals surface area (Å²) in [7, 11) is 0. The highest BCUT2D eigenvalue weighted by atomic mass is 32.2. The minimum absolute atomic E-state index is 0.0561. The van der Waals surface area contributed by atoms with Crippen molar-refractivity contribution < 1.29 is 22.8 Å². The lowest BCUT2D eigenvalue weighted by Gasteiger charge is -2.11. The van der Waals surface area contributed by atoms with Crippen molar-refractivity contribution in [3.05, 3.63) is 40.4 Å². The van der Waals surface area contributed by atoms with Crippen LogP contribution in [0.3, 0.4) is 0 Å². The van der Waals surface area contributed by atoms with Crippen LogP contribution >= 0.6 is 11.8 Å². The third-order valence-electron chi connectivity index (χ3n) is 3.80. The summed E-state index contributed by atoms with van der Waals surface area (Å²) >= 11 is 1.18. The largest absolute Gasteiger partial charge is 0.416 e. The summed E-state index contributed by atoms with van der Waals surface area (Å²) in [6, 6.07) is 4.46. The van der Waals surface area contributed by atoms with Crippen molar-refractivity contribution >= 4 is 29.1 Å². The van der Waals surface area contributed by atoms with Crippen LogP contribution in [0.15, 0.2) is 34.9 Å². The highest BCUT2D eigenvalue weighted by Crippen LogP contribution is 2.33. The number of Topliss-reactive ketones (excluding diaryl/α,β-unsaturated/α-hetero) is 1. The number of carbonyl (C=O) groups is 2. The second-order valence-corrected chi connectivity index (χ2v) is 6.76. The van der Waals surface area contributed by atoms with Crippen molar-refractivity contribution in [1.29, 1.82) is 0 Å². The summed E-state index contributed by atoms with van der Waals surface area (Å²) < 4.78 is 37.7. The SMILES string of the molecule is O=C1CSC(Nc2ccc(C(F)(F)F)cc2)=C1C(=O)NCC1CC1. The zero-order valence-electron chi connectivity index (χ0n) is 12.6. The Bertz CT molecular complexity index is 694. The smallest absolute Gasteiger partial charge is 0.352 e. The molecule has 0 unspecified atom stereocenters. The number of thioether (sulfide) groups is 1. The first kappa shape index (κ1) is 16.9. The van der Waals surface area contributed by atoms with E-state index in [1.807, 2.05) is 0 Å². The zero-order valence-corrected chi connectivity index (χ0v) is 13.4. The zero-order chi connectivity index (χ0) is 17.3. The molecular formula is C16H15F3N2O2S. The van der Waals surface area contributed by atoms with Gasteiger partial charge in [0.05, 0.1) is 16.3 Å². The lowest BCUT2D eigenvalue weighted by atomic mass is 10.1. The molecular weight excluding hydrogens is 341 g/mol. The summed E-state index contributed by atoms with van der Waals surface area (Å²) in [5, 5.41) is 6.00. The number of hydrogen-bond acceptors (Lipinski definition) is 4. The molecule has 0 spiro atoms. The van der Waals surface area contributed by atoms with E-state index in [1.165, 1.54) is 23.9 Å². The van der Waals surface area contributed by atoms with Crippen LogP contribution < -0.4 is 10.6 Å². The van der Waals surface area contributed by atoms with Crippen LogP contribution in [-0.4, -0.2) is 24.0 Å². The van der Waals surface area contributed by atoms with E-state index in [4.69, 9.17) is 0 Å². The van der Waals surface area contributed by atoms with Gasteiger partial charge >= 0.3 is 6.18 Å². The average Bonchev–Trinajstić information content (AvgIpc) is 3.28. The minimum Gasteiger partial charge on any atom is -0.352 e. The number of benzene rings is 1. The maximum atomic E-state index is 12.6. The molecule has 1 heterocycles. The quantitative estimate of drug-likeness (QED) is 0.796. The fourth-order valence-corrected chi connectivity index (χ4v) is 3.22. The first-order chi connectivity index (χ1) is 11.3. The maximum absolute atomic E-state index is 12.6. The molecule has 0 aromatic heterocycles. The van der Waals surface area contributed by atoms with Gasteiger partial charge in [-0.3, -0.25) is 9.59 Å². The highest BCUT2D eigenvalue weighted by Gasteiger charge is 2.32. The van der Waals surface area contributed by atoms with E-state index >= 15 is 0 Å². The van der Waals surface area contributed by atoms with Crippen LogP contribution in [0.2, 0.25) is 0 Å². The standard InChI is InChI=1S/C16H15F3N2O2S/c17-16(18,19)10-3-5-11(6-4-10)21-15-13(12(22)8-24-15)14(23)20-7-9-1-2-9/h3-6,9,21H,1-2,7-8H2,(H,20,23). The van der Waals surface area contributed by atoms with Crippen LogP contribution in [0.25, 0.3) is 0 Å². The third-order valence-corrected chi connectivity index (χ3v) is 4.80. The van der Waals surface area contributed by atoms with Crippen LogP contribution in [0.5, 0.6) is 0 Å². The van der Waals surface area contributed by atoms with Crippen molar-refractivity contribution in [3.63, 3.8) is 0 Å². The van der Waals surface area contributed by atoms with E-state index in [0.29, 0.717) is 23.2 Å². The molecule has 128 valence electrons. The number of anilines is 1. The van der Waals surface area contributed by atoms with E-state index < -0.39 is 17.6 Å². The first-order valence-corrected chi connectivity index (χ1v) is 8.46. The van der Waals surface area contributed by atoms with E-state index in [0.717, 1.165) is 25.0 Å². The molecule has 2 aliphatic rings. The Morgan fingerprint density at radius 1 is 1.21 bits per heavy atom. The van der Waals surface area contributed by atoms with Gasteiger partial charge < -0.3 is 10.6 Å². The highest BCUT2D eigenvalue weighted by molar-refractivity contribution is 8.04. The third kappa shape index (κ3) is 3.92. The van der Waals surface area contributed by atoms with Crippen molar-refractivity contribution in [2.45, 2.75) is 19.0 Å². The Kier molecular flexibility index (Phi) is 4.58. The second kappa shape index (κ2) is 6.51. The molecule has 1 amide bonds. The van der Waals surface area contributed by atoms with Crippen LogP contribution in [-0.2, 0) is 15.8 Å². The maximum Gasteiger partial charge on any atom is 0.416 e. The molecule has 1 aromatic carbocycles. The predicted octanol–water partition coefficient (Wildman–Crippen LogP) is 3.17. The summed E-state index contributed by atoms with van der Waals surface area (Å²) in [6.07, 6.45) is -2.24. The summed E-state index contributed by atoms with van der Waals surface area (Å²) in [4.78, 5) is 24.1. The topological polar surface area (TPSA) is 58.2 Å². The molecule has 1 saturated carbocycles. The average molecular weight is 356 g/mol. The van der Waals surface area contributed by atoms with Crippen LogP contribution in [0, 0.1) is 5.92 Å². The number of halogens is 3. The van der Waals surface area contributed by atoms with Gasteiger partial charge in [0.1, 0.15) is 5.57 Å². The van der Waals surface area contributed by atoms with Crippen molar-refractivity contribution in [2.24, 2.45) is 5.92 Å². The summed E-state index contributed by atoms with van der Waals surface area (Å²) in [6.45, 7) is 0.549. The molecule has 4 nitrogen and oxygen atoms in total. The lowest BCUT2D eigenvalue weighted by molar-refractivity contribution is -0.137. The number of carbonyl (C=O) groups excluding carboxylic acids is 2. The Labute approximate surface area is 140 Å². The number of hydrogen-bond donors (Lipinski definition) is 2. The van der Waals surface area contributed by atoms with Gasteiger partial charge in [-0.25, -0.2) is 0 Å². The molecule has 8 heteroatoms. The van der Waals surface area contributed by atoms with Crippen molar-refractivity contribution in [3.8, 4) is 0 Å². The summed E-state index contributed by atoms with van der Waals surface area (Å²) in [5.41, 5.74) is -0.298. The normalized spacial score (nSPS) is 18.0. The Balaban J connectivity index is 1.73. The minimum atomic E-state index is -4.40. The fraction of sp³-hybridized carbons (Fsp3) is 0.375. The van der Waals surface area contributed by atoms with Gasteiger partial charge in [-0.05, 0) is 43.0 Å². The van der Waals surface area contributed by atoms with Crippen molar-refractivity contribution in [2.75, 3.05) is 17.6 Å². The molecule has 0 radical (unpaired) electrons. The monoisotopic (exact) mass is 356 g/mol. The molecule has 0 saturated heterocycles. The Morgan fingerprint density at radius 2 is 1.88 bits per heavy atom.